The summed E-state index contributed by atoms with van der Waals surface area (Å²) in [5, 5.41) is 3.46. The number of nitrogens with one attached hydrogen (secondary N) is 1. The van der Waals surface area contributed by atoms with Gasteiger partial charge in [-0.3, -0.25) is 4.90 Å². The molecule has 1 N–H and O–H groups in total. The molecule has 0 aromatic carbocycles. The summed E-state index contributed by atoms with van der Waals surface area (Å²) in [4.78, 5) is 2.55. The average molecular weight is 180 g/mol. The fraction of sp³-hybridized carbons (Fsp3) is 0.818. The molecule has 2 nitrogen and oxygen atoms in total. The number of hydrogen-bond donors (Lipinski definition) is 1. The summed E-state index contributed by atoms with van der Waals surface area (Å²) >= 11 is 0. The van der Waals surface area contributed by atoms with Gasteiger partial charge in [0.1, 0.15) is 0 Å². The Bertz CT molecular complexity index is 181. The zero-order valence-electron chi connectivity index (χ0n) is 8.50. The molecule has 2 heteroatoms. The van der Waals surface area contributed by atoms with E-state index in [2.05, 4.69) is 29.3 Å². The van der Waals surface area contributed by atoms with Crippen LogP contribution in [0.2, 0.25) is 0 Å². The maximum absolute atomic E-state index is 3.46. The predicted octanol–water partition coefficient (Wildman–Crippen LogP) is 1.10. The summed E-state index contributed by atoms with van der Waals surface area (Å²) in [6.45, 7) is 8.46. The second kappa shape index (κ2) is 4.25. The minimum atomic E-state index is 0.856. The molecule has 0 radical (unpaired) electrons. The van der Waals surface area contributed by atoms with Crippen LogP contribution in [-0.4, -0.2) is 37.6 Å². The van der Waals surface area contributed by atoms with E-state index in [9.17, 15) is 0 Å². The van der Waals surface area contributed by atoms with E-state index in [1.165, 1.54) is 39.1 Å². The predicted molar refractivity (Wildman–Crippen MR) is 55.7 cm³/mol. The van der Waals surface area contributed by atoms with Crippen molar-refractivity contribution in [3.63, 3.8) is 0 Å². The molecule has 2 rings (SSSR count). The molecule has 2 aliphatic rings. The van der Waals surface area contributed by atoms with Gasteiger partial charge in [0, 0.05) is 19.6 Å². The standard InChI is InChI=1S/C11H20N2/c1-10-8-12-5-4-11(10)9-13-6-2-3-7-13/h2-3,10-12H,4-9H2,1H3. The minimum Gasteiger partial charge on any atom is -0.316 e. The van der Waals surface area contributed by atoms with Gasteiger partial charge in [0.25, 0.3) is 0 Å². The molecular formula is C11H20N2. The lowest BCUT2D eigenvalue weighted by atomic mass is 9.87. The fourth-order valence-electron chi connectivity index (χ4n) is 2.34. The Balaban J connectivity index is 1.78. The first kappa shape index (κ1) is 9.22. The van der Waals surface area contributed by atoms with Gasteiger partial charge in [0.2, 0.25) is 0 Å². The molecule has 74 valence electrons. The number of rotatable bonds is 2. The third kappa shape index (κ3) is 2.32. The van der Waals surface area contributed by atoms with E-state index >= 15 is 0 Å². The lowest BCUT2D eigenvalue weighted by Gasteiger charge is -2.32. The van der Waals surface area contributed by atoms with Crippen LogP contribution >= 0.6 is 0 Å². The van der Waals surface area contributed by atoms with Crippen LogP contribution in [0.15, 0.2) is 12.2 Å². The molecule has 2 aliphatic heterocycles. The van der Waals surface area contributed by atoms with Crippen molar-refractivity contribution in [1.29, 1.82) is 0 Å². The lowest BCUT2D eigenvalue weighted by Crippen LogP contribution is -2.40. The first-order chi connectivity index (χ1) is 6.36. The molecule has 1 saturated heterocycles. The van der Waals surface area contributed by atoms with Gasteiger partial charge in [-0.15, -0.1) is 0 Å². The molecule has 0 aliphatic carbocycles. The molecule has 0 spiro atoms. The Morgan fingerprint density at radius 1 is 1.38 bits per heavy atom. The number of nitrogens with zero attached hydrogens (tertiary/aromatic N) is 1. The van der Waals surface area contributed by atoms with Crippen LogP contribution < -0.4 is 5.32 Å². The fourth-order valence-corrected chi connectivity index (χ4v) is 2.34. The summed E-state index contributed by atoms with van der Waals surface area (Å²) in [5.74, 6) is 1.77. The van der Waals surface area contributed by atoms with Crippen LogP contribution in [0.4, 0.5) is 0 Å². The zero-order chi connectivity index (χ0) is 9.10. The van der Waals surface area contributed by atoms with Gasteiger partial charge < -0.3 is 5.32 Å². The number of piperidine rings is 1. The van der Waals surface area contributed by atoms with Gasteiger partial charge in [0.05, 0.1) is 0 Å². The third-order valence-electron chi connectivity index (χ3n) is 3.35. The Labute approximate surface area is 81.0 Å². The van der Waals surface area contributed by atoms with E-state index in [-0.39, 0.29) is 0 Å². The highest BCUT2D eigenvalue weighted by molar-refractivity contribution is 4.96. The van der Waals surface area contributed by atoms with E-state index in [1.54, 1.807) is 0 Å². The molecule has 1 fully saturated rings. The van der Waals surface area contributed by atoms with Crippen molar-refractivity contribution in [2.45, 2.75) is 13.3 Å². The van der Waals surface area contributed by atoms with Crippen molar-refractivity contribution in [2.24, 2.45) is 11.8 Å². The molecule has 2 atom stereocenters. The van der Waals surface area contributed by atoms with E-state index in [0.717, 1.165) is 11.8 Å². The molecular weight excluding hydrogens is 160 g/mol. The van der Waals surface area contributed by atoms with Gasteiger partial charge in [-0.05, 0) is 31.3 Å². The largest absolute Gasteiger partial charge is 0.316 e. The highest BCUT2D eigenvalue weighted by Gasteiger charge is 2.23. The average Bonchev–Trinajstić information content (AvgIpc) is 2.61. The molecule has 0 aromatic heterocycles. The summed E-state index contributed by atoms with van der Waals surface area (Å²) < 4.78 is 0. The van der Waals surface area contributed by atoms with Crippen molar-refractivity contribution in [3.8, 4) is 0 Å². The van der Waals surface area contributed by atoms with Crippen molar-refractivity contribution >= 4 is 0 Å². The maximum Gasteiger partial charge on any atom is 0.0167 e. The van der Waals surface area contributed by atoms with E-state index < -0.39 is 0 Å². The Hall–Kier alpha value is -0.340. The van der Waals surface area contributed by atoms with Crippen molar-refractivity contribution in [3.05, 3.63) is 12.2 Å². The summed E-state index contributed by atoms with van der Waals surface area (Å²) in [7, 11) is 0. The van der Waals surface area contributed by atoms with Crippen LogP contribution in [0.1, 0.15) is 13.3 Å². The second-order valence-corrected chi connectivity index (χ2v) is 4.42. The van der Waals surface area contributed by atoms with Crippen LogP contribution in [0.3, 0.4) is 0 Å². The molecule has 0 aromatic rings. The number of hydrogen-bond acceptors (Lipinski definition) is 2. The normalized spacial score (nSPS) is 35.5. The lowest BCUT2D eigenvalue weighted by molar-refractivity contribution is 0.195. The van der Waals surface area contributed by atoms with E-state index in [4.69, 9.17) is 0 Å². The van der Waals surface area contributed by atoms with Gasteiger partial charge >= 0.3 is 0 Å². The highest BCUT2D eigenvalue weighted by atomic mass is 15.1. The summed E-state index contributed by atoms with van der Waals surface area (Å²) in [6, 6.07) is 0. The summed E-state index contributed by atoms with van der Waals surface area (Å²) in [6.07, 6.45) is 5.93. The zero-order valence-corrected chi connectivity index (χ0v) is 8.50. The van der Waals surface area contributed by atoms with Crippen LogP contribution in [0, 0.1) is 11.8 Å². The monoisotopic (exact) mass is 180 g/mol. The van der Waals surface area contributed by atoms with Crippen LogP contribution in [0.5, 0.6) is 0 Å². The smallest absolute Gasteiger partial charge is 0.0167 e. The SMILES string of the molecule is CC1CNCCC1CN1CC=CC1. The Kier molecular flexibility index (Phi) is 3.01. The third-order valence-corrected chi connectivity index (χ3v) is 3.35. The van der Waals surface area contributed by atoms with E-state index in [1.807, 2.05) is 0 Å². The van der Waals surface area contributed by atoms with Crippen molar-refractivity contribution in [2.75, 3.05) is 32.7 Å². The minimum absolute atomic E-state index is 0.856. The molecule has 0 saturated carbocycles. The van der Waals surface area contributed by atoms with Crippen LogP contribution in [-0.2, 0) is 0 Å². The molecule has 0 amide bonds. The molecule has 2 heterocycles. The van der Waals surface area contributed by atoms with Crippen molar-refractivity contribution in [1.82, 2.24) is 10.2 Å². The summed E-state index contributed by atoms with van der Waals surface area (Å²) in [5.41, 5.74) is 0. The molecule has 2 unspecified atom stereocenters. The van der Waals surface area contributed by atoms with E-state index in [0.29, 0.717) is 0 Å². The second-order valence-electron chi connectivity index (χ2n) is 4.42. The highest BCUT2D eigenvalue weighted by Crippen LogP contribution is 2.20. The molecule has 0 bridgehead atoms. The maximum atomic E-state index is 3.46. The quantitative estimate of drug-likeness (QED) is 0.640. The Morgan fingerprint density at radius 3 is 2.85 bits per heavy atom. The van der Waals surface area contributed by atoms with Gasteiger partial charge in [-0.2, -0.15) is 0 Å². The Morgan fingerprint density at radius 2 is 2.15 bits per heavy atom. The first-order valence-electron chi connectivity index (χ1n) is 5.44. The van der Waals surface area contributed by atoms with Gasteiger partial charge in [-0.1, -0.05) is 19.1 Å². The topological polar surface area (TPSA) is 15.3 Å². The van der Waals surface area contributed by atoms with Crippen molar-refractivity contribution < 1.29 is 0 Å². The molecule has 13 heavy (non-hydrogen) atoms. The van der Waals surface area contributed by atoms with Crippen LogP contribution in [0.25, 0.3) is 0 Å². The first-order valence-corrected chi connectivity index (χ1v) is 5.44. The van der Waals surface area contributed by atoms with Gasteiger partial charge in [0.15, 0.2) is 0 Å². The van der Waals surface area contributed by atoms with Gasteiger partial charge in [-0.25, -0.2) is 0 Å².